The molecule has 0 aliphatic rings. The first-order valence-corrected chi connectivity index (χ1v) is 5.58. The summed E-state index contributed by atoms with van der Waals surface area (Å²) in [5.74, 6) is -2.10. The zero-order valence-electron chi connectivity index (χ0n) is 8.82. The largest absolute Gasteiger partial charge is 0.478 e. The molecule has 18 heavy (non-hydrogen) atoms. The lowest BCUT2D eigenvalue weighted by atomic mass is 10.1. The van der Waals surface area contributed by atoms with E-state index in [-0.39, 0.29) is 11.3 Å². The molecule has 2 rings (SSSR count). The number of rotatable bonds is 2. The molecule has 2 aromatic rings. The van der Waals surface area contributed by atoms with E-state index in [1.165, 1.54) is 24.3 Å². The maximum absolute atomic E-state index is 13.2. The van der Waals surface area contributed by atoms with E-state index >= 15 is 0 Å². The summed E-state index contributed by atoms with van der Waals surface area (Å²) in [5, 5.41) is 9.57. The van der Waals surface area contributed by atoms with Gasteiger partial charge >= 0.3 is 5.97 Å². The van der Waals surface area contributed by atoms with Crippen molar-refractivity contribution >= 4 is 29.2 Å². The monoisotopic (exact) mass is 285 g/mol. The summed E-state index contributed by atoms with van der Waals surface area (Å²) in [5.41, 5.74) is 0.430. The molecule has 0 amide bonds. The van der Waals surface area contributed by atoms with Crippen LogP contribution in [0.15, 0.2) is 30.3 Å². The third kappa shape index (κ3) is 2.78. The zero-order valence-corrected chi connectivity index (χ0v) is 10.3. The van der Waals surface area contributed by atoms with Crippen LogP contribution >= 0.6 is 23.2 Å². The third-order valence-electron chi connectivity index (χ3n) is 2.20. The molecule has 0 atom stereocenters. The van der Waals surface area contributed by atoms with Crippen molar-refractivity contribution in [2.75, 3.05) is 0 Å². The highest BCUT2D eigenvalue weighted by atomic mass is 35.5. The quantitative estimate of drug-likeness (QED) is 0.852. The molecule has 3 nitrogen and oxygen atoms in total. The smallest absolute Gasteiger partial charge is 0.335 e. The van der Waals surface area contributed by atoms with Crippen LogP contribution in [-0.4, -0.2) is 16.1 Å². The summed E-state index contributed by atoms with van der Waals surface area (Å²) in [4.78, 5) is 14.4. The number of carboxylic acid groups (broad SMARTS) is 1. The Balaban J connectivity index is 2.59. The van der Waals surface area contributed by atoms with E-state index in [4.69, 9.17) is 28.3 Å². The first-order chi connectivity index (χ1) is 8.45. The summed E-state index contributed by atoms with van der Waals surface area (Å²) in [6, 6.07) is 6.68. The number of carbonyl (C=O) groups is 1. The normalized spacial score (nSPS) is 10.4. The van der Waals surface area contributed by atoms with Crippen LogP contribution in [0, 0.1) is 5.95 Å². The molecule has 0 saturated heterocycles. The van der Waals surface area contributed by atoms with Gasteiger partial charge in [-0.1, -0.05) is 23.2 Å². The number of nitrogens with zero attached hydrogens (tertiary/aromatic N) is 1. The second-order valence-electron chi connectivity index (χ2n) is 3.53. The van der Waals surface area contributed by atoms with Crippen LogP contribution in [0.4, 0.5) is 4.39 Å². The maximum Gasteiger partial charge on any atom is 0.335 e. The molecular formula is C12H6Cl2FNO2. The fourth-order valence-electron chi connectivity index (χ4n) is 1.47. The van der Waals surface area contributed by atoms with E-state index in [1.54, 1.807) is 0 Å². The van der Waals surface area contributed by atoms with Gasteiger partial charge in [-0.15, -0.1) is 0 Å². The van der Waals surface area contributed by atoms with Crippen LogP contribution < -0.4 is 0 Å². The number of halogens is 3. The van der Waals surface area contributed by atoms with E-state index in [9.17, 15) is 9.18 Å². The van der Waals surface area contributed by atoms with Crippen molar-refractivity contribution in [1.82, 2.24) is 4.98 Å². The molecule has 0 aliphatic heterocycles. The summed E-state index contributed by atoms with van der Waals surface area (Å²) >= 11 is 11.6. The lowest BCUT2D eigenvalue weighted by Crippen LogP contribution is -2.00. The highest BCUT2D eigenvalue weighted by Crippen LogP contribution is 2.26. The molecule has 0 fully saturated rings. The number of hydrogen-bond donors (Lipinski definition) is 1. The Morgan fingerprint density at radius 2 is 1.72 bits per heavy atom. The lowest BCUT2D eigenvalue weighted by molar-refractivity contribution is 0.0696. The molecule has 1 aromatic heterocycles. The number of pyridine rings is 1. The molecular weight excluding hydrogens is 280 g/mol. The minimum absolute atomic E-state index is 0.164. The van der Waals surface area contributed by atoms with Crippen LogP contribution in [0.5, 0.6) is 0 Å². The second kappa shape index (κ2) is 4.92. The predicted molar refractivity (Wildman–Crippen MR) is 66.6 cm³/mol. The highest BCUT2D eigenvalue weighted by Gasteiger charge is 2.10. The molecule has 0 spiro atoms. The Bertz CT molecular complexity index is 611. The Morgan fingerprint density at radius 1 is 1.11 bits per heavy atom. The van der Waals surface area contributed by atoms with E-state index < -0.39 is 11.9 Å². The molecule has 1 aromatic carbocycles. The highest BCUT2D eigenvalue weighted by molar-refractivity contribution is 6.35. The molecule has 0 aliphatic carbocycles. The van der Waals surface area contributed by atoms with Crippen LogP contribution in [0.2, 0.25) is 10.0 Å². The second-order valence-corrected chi connectivity index (χ2v) is 4.40. The minimum Gasteiger partial charge on any atom is -0.478 e. The Morgan fingerprint density at radius 3 is 2.28 bits per heavy atom. The third-order valence-corrected chi connectivity index (χ3v) is 2.64. The van der Waals surface area contributed by atoms with Gasteiger partial charge in [0.25, 0.3) is 0 Å². The van der Waals surface area contributed by atoms with Crippen LogP contribution in [0.1, 0.15) is 10.4 Å². The average Bonchev–Trinajstić information content (AvgIpc) is 2.26. The van der Waals surface area contributed by atoms with Gasteiger partial charge in [-0.3, -0.25) is 0 Å². The summed E-state index contributed by atoms with van der Waals surface area (Å²) in [7, 11) is 0. The van der Waals surface area contributed by atoms with Crippen molar-refractivity contribution in [2.45, 2.75) is 0 Å². The molecule has 92 valence electrons. The van der Waals surface area contributed by atoms with Gasteiger partial charge in [0.05, 0.1) is 11.3 Å². The number of aromatic nitrogens is 1. The lowest BCUT2D eigenvalue weighted by Gasteiger charge is -2.04. The SMILES string of the molecule is O=C(O)c1cc(F)nc(-c2cc(Cl)cc(Cl)c2)c1. The fourth-order valence-corrected chi connectivity index (χ4v) is 2.00. The van der Waals surface area contributed by atoms with E-state index in [0.29, 0.717) is 15.6 Å². The molecule has 0 unspecified atom stereocenters. The average molecular weight is 286 g/mol. The van der Waals surface area contributed by atoms with Gasteiger partial charge in [-0.2, -0.15) is 4.39 Å². The number of hydrogen-bond acceptors (Lipinski definition) is 2. The summed E-state index contributed by atoms with van der Waals surface area (Å²) in [6.45, 7) is 0. The first kappa shape index (κ1) is 12.8. The zero-order chi connectivity index (χ0) is 13.3. The van der Waals surface area contributed by atoms with Crippen LogP contribution in [-0.2, 0) is 0 Å². The van der Waals surface area contributed by atoms with Crippen molar-refractivity contribution in [3.05, 3.63) is 51.9 Å². The summed E-state index contributed by atoms with van der Waals surface area (Å²) in [6.07, 6.45) is 0. The molecule has 1 N–H and O–H groups in total. The van der Waals surface area contributed by atoms with Crippen LogP contribution in [0.25, 0.3) is 11.3 Å². The van der Waals surface area contributed by atoms with Crippen molar-refractivity contribution in [3.63, 3.8) is 0 Å². The van der Waals surface area contributed by atoms with E-state index in [0.717, 1.165) is 6.07 Å². The van der Waals surface area contributed by atoms with Crippen molar-refractivity contribution in [3.8, 4) is 11.3 Å². The maximum atomic E-state index is 13.2. The number of carboxylic acids is 1. The summed E-state index contributed by atoms with van der Waals surface area (Å²) < 4.78 is 13.2. The molecule has 1 heterocycles. The van der Waals surface area contributed by atoms with Gasteiger partial charge in [0, 0.05) is 21.7 Å². The van der Waals surface area contributed by atoms with Gasteiger partial charge in [-0.05, 0) is 24.3 Å². The van der Waals surface area contributed by atoms with Gasteiger partial charge in [0.15, 0.2) is 0 Å². The van der Waals surface area contributed by atoms with Gasteiger partial charge in [-0.25, -0.2) is 9.78 Å². The van der Waals surface area contributed by atoms with E-state index in [2.05, 4.69) is 4.98 Å². The molecule has 0 saturated carbocycles. The van der Waals surface area contributed by atoms with Gasteiger partial charge < -0.3 is 5.11 Å². The Hall–Kier alpha value is -1.65. The van der Waals surface area contributed by atoms with Crippen molar-refractivity contribution in [1.29, 1.82) is 0 Å². The Kier molecular flexibility index (Phi) is 3.50. The fraction of sp³-hybridized carbons (Fsp3) is 0. The molecule has 0 bridgehead atoms. The number of benzene rings is 1. The van der Waals surface area contributed by atoms with E-state index in [1.807, 2.05) is 0 Å². The topological polar surface area (TPSA) is 50.2 Å². The molecule has 0 radical (unpaired) electrons. The van der Waals surface area contributed by atoms with Gasteiger partial charge in [0.1, 0.15) is 0 Å². The predicted octanol–water partition coefficient (Wildman–Crippen LogP) is 3.89. The minimum atomic E-state index is -1.23. The standard InChI is InChI=1S/C12H6Cl2FNO2/c13-8-1-6(2-9(14)5-8)10-3-7(12(17)18)4-11(15)16-10/h1-5H,(H,17,18). The first-order valence-electron chi connectivity index (χ1n) is 4.83. The Labute approximate surface area is 112 Å². The molecule has 6 heteroatoms. The van der Waals surface area contributed by atoms with Gasteiger partial charge in [0.2, 0.25) is 5.95 Å². The van der Waals surface area contributed by atoms with Crippen LogP contribution in [0.3, 0.4) is 0 Å². The van der Waals surface area contributed by atoms with Crippen molar-refractivity contribution in [2.24, 2.45) is 0 Å². The van der Waals surface area contributed by atoms with Crippen molar-refractivity contribution < 1.29 is 14.3 Å². The number of aromatic carboxylic acids is 1.